The van der Waals surface area contributed by atoms with Crippen LogP contribution in [0.4, 0.5) is 0 Å². The van der Waals surface area contributed by atoms with Crippen LogP contribution in [0.5, 0.6) is 0 Å². The highest BCUT2D eigenvalue weighted by Gasteiger charge is 2.43. The minimum atomic E-state index is -3.37. The van der Waals surface area contributed by atoms with E-state index in [2.05, 4.69) is 187 Å². The largest absolute Gasteiger partial charge is 0.309 e. The zero-order valence-corrected chi connectivity index (χ0v) is 34.0. The minimum Gasteiger partial charge on any atom is -0.309 e. The quantitative estimate of drug-likeness (QED) is 0.157. The summed E-state index contributed by atoms with van der Waals surface area (Å²) in [5, 5.41) is 6.97. The minimum absolute atomic E-state index is 0.770. The van der Waals surface area contributed by atoms with Crippen LogP contribution >= 0.6 is 7.14 Å². The molecule has 4 heteroatoms. The molecule has 12 rings (SSSR count). The van der Waals surface area contributed by atoms with Crippen molar-refractivity contribution >= 4 is 55.6 Å². The van der Waals surface area contributed by atoms with Gasteiger partial charge in [-0.05, 0) is 62.0 Å². The van der Waals surface area contributed by atoms with E-state index in [1.807, 2.05) is 42.5 Å². The van der Waals surface area contributed by atoms with Crippen LogP contribution in [0.1, 0.15) is 0 Å². The normalized spacial score (nSPS) is 14.4. The van der Waals surface area contributed by atoms with Crippen LogP contribution in [0.3, 0.4) is 0 Å². The van der Waals surface area contributed by atoms with Gasteiger partial charge in [0.25, 0.3) is 0 Å². The van der Waals surface area contributed by atoms with E-state index in [-0.39, 0.29) is 0 Å². The Balaban J connectivity index is 1.18. The van der Waals surface area contributed by atoms with Crippen molar-refractivity contribution < 1.29 is 4.57 Å². The molecule has 0 bridgehead atoms. The summed E-state index contributed by atoms with van der Waals surface area (Å²) in [6.07, 6.45) is 0. The van der Waals surface area contributed by atoms with E-state index in [1.54, 1.807) is 0 Å². The third-order valence-electron chi connectivity index (χ3n) is 12.4. The summed E-state index contributed by atoms with van der Waals surface area (Å²) in [6, 6.07) is 78.7. The second-order valence-electron chi connectivity index (χ2n) is 15.8. The van der Waals surface area contributed by atoms with Gasteiger partial charge in [-0.3, -0.25) is 4.57 Å². The molecule has 3 nitrogen and oxygen atoms in total. The summed E-state index contributed by atoms with van der Waals surface area (Å²) < 4.78 is 18.8. The average Bonchev–Trinajstić information content (AvgIpc) is 3.82. The molecule has 1 atom stereocenters. The fraction of sp³-hybridized carbons (Fsp3) is 0. The molecule has 0 radical (unpaired) electrons. The Hall–Kier alpha value is -7.58. The van der Waals surface area contributed by atoms with Gasteiger partial charge in [0, 0.05) is 32.3 Å². The zero-order chi connectivity index (χ0) is 40.5. The summed E-state index contributed by atoms with van der Waals surface area (Å²) in [5.41, 5.74) is 12.7. The molecule has 0 aliphatic carbocycles. The van der Waals surface area contributed by atoms with Crippen LogP contribution in [0.15, 0.2) is 224 Å². The molecule has 1 aliphatic heterocycles. The monoisotopic (exact) mass is 796 g/mol. The van der Waals surface area contributed by atoms with Crippen molar-refractivity contribution in [2.45, 2.75) is 0 Å². The molecule has 11 aromatic rings. The molecule has 0 saturated carbocycles. The Morgan fingerprint density at radius 2 is 0.902 bits per heavy atom. The number of nitrogens with zero attached hydrogens (tertiary/aromatic N) is 2. The van der Waals surface area contributed by atoms with Gasteiger partial charge in [0.15, 0.2) is 7.14 Å². The van der Waals surface area contributed by atoms with E-state index < -0.39 is 7.14 Å². The van der Waals surface area contributed by atoms with E-state index in [9.17, 15) is 0 Å². The molecule has 9 aromatic carbocycles. The second-order valence-corrected chi connectivity index (χ2v) is 18.5. The van der Waals surface area contributed by atoms with Gasteiger partial charge in [-0.25, -0.2) is 4.98 Å². The van der Waals surface area contributed by atoms with E-state index in [4.69, 9.17) is 4.98 Å². The number of rotatable bonds is 6. The summed E-state index contributed by atoms with van der Waals surface area (Å²) in [7, 11) is -3.37. The van der Waals surface area contributed by atoms with Crippen molar-refractivity contribution in [3.05, 3.63) is 224 Å². The van der Waals surface area contributed by atoms with Gasteiger partial charge < -0.3 is 4.57 Å². The van der Waals surface area contributed by atoms with Crippen LogP contribution in [-0.2, 0) is 4.57 Å². The van der Waals surface area contributed by atoms with Crippen LogP contribution in [0.25, 0.3) is 94.2 Å². The Kier molecular flexibility index (Phi) is 8.13. The first-order valence-electron chi connectivity index (χ1n) is 20.7. The molecular formula is C57H37N2OP. The molecular weight excluding hydrogens is 760 g/mol. The zero-order valence-electron chi connectivity index (χ0n) is 33.1. The lowest BCUT2D eigenvalue weighted by molar-refractivity contribution is 0.593. The number of aromatic nitrogens is 2. The van der Waals surface area contributed by atoms with E-state index in [0.29, 0.717) is 0 Å². The van der Waals surface area contributed by atoms with Crippen LogP contribution in [0.2, 0.25) is 0 Å². The molecule has 0 spiro atoms. The summed E-state index contributed by atoms with van der Waals surface area (Å²) in [4.78, 5) is 5.61. The van der Waals surface area contributed by atoms with Crippen molar-refractivity contribution in [3.63, 3.8) is 0 Å². The predicted octanol–water partition coefficient (Wildman–Crippen LogP) is 13.6. The lowest BCUT2D eigenvalue weighted by Crippen LogP contribution is -2.22. The average molecular weight is 797 g/mol. The molecule has 2 aromatic heterocycles. The lowest BCUT2D eigenvalue weighted by Gasteiger charge is -2.19. The maximum atomic E-state index is 16.4. The summed E-state index contributed by atoms with van der Waals surface area (Å²) in [6.45, 7) is 0. The van der Waals surface area contributed by atoms with Crippen molar-refractivity contribution in [3.8, 4) is 61.6 Å². The molecule has 0 N–H and O–H groups in total. The molecule has 286 valence electrons. The first kappa shape index (κ1) is 35.4. The van der Waals surface area contributed by atoms with Gasteiger partial charge in [0.1, 0.15) is 5.82 Å². The number of benzene rings is 9. The third-order valence-corrected chi connectivity index (χ3v) is 15.6. The van der Waals surface area contributed by atoms with Gasteiger partial charge in [0.2, 0.25) is 0 Å². The van der Waals surface area contributed by atoms with E-state index >= 15 is 4.57 Å². The molecule has 0 saturated heterocycles. The summed E-state index contributed by atoms with van der Waals surface area (Å²) in [5.74, 6) is 0.770. The van der Waals surface area contributed by atoms with Crippen molar-refractivity contribution in [2.24, 2.45) is 0 Å². The molecule has 61 heavy (non-hydrogen) atoms. The first-order valence-corrected chi connectivity index (χ1v) is 22.4. The highest BCUT2D eigenvalue weighted by Crippen LogP contribution is 2.55. The molecule has 1 unspecified atom stereocenters. The van der Waals surface area contributed by atoms with Gasteiger partial charge in [0.05, 0.1) is 22.0 Å². The van der Waals surface area contributed by atoms with Crippen molar-refractivity contribution in [1.29, 1.82) is 0 Å². The predicted molar refractivity (Wildman–Crippen MR) is 256 cm³/mol. The maximum Gasteiger partial charge on any atom is 0.174 e. The van der Waals surface area contributed by atoms with Crippen molar-refractivity contribution in [1.82, 2.24) is 9.55 Å². The second kappa shape index (κ2) is 14.0. The van der Waals surface area contributed by atoms with Crippen LogP contribution in [-0.4, -0.2) is 9.55 Å². The topological polar surface area (TPSA) is 34.9 Å². The number of hydrogen-bond donors (Lipinski definition) is 0. The van der Waals surface area contributed by atoms with E-state index in [1.165, 1.54) is 11.1 Å². The molecule has 1 aliphatic rings. The molecule has 0 amide bonds. The first-order chi connectivity index (χ1) is 30.1. The Bertz CT molecular complexity index is 3420. The highest BCUT2D eigenvalue weighted by atomic mass is 31.2. The number of hydrogen-bond acceptors (Lipinski definition) is 2. The lowest BCUT2D eigenvalue weighted by atomic mass is 9.98. The van der Waals surface area contributed by atoms with Gasteiger partial charge in [-0.2, -0.15) is 0 Å². The van der Waals surface area contributed by atoms with Crippen LogP contribution in [0, 0.1) is 0 Å². The number of pyridine rings is 1. The maximum absolute atomic E-state index is 16.4. The smallest absolute Gasteiger partial charge is 0.174 e. The Labute approximate surface area is 354 Å². The van der Waals surface area contributed by atoms with Crippen molar-refractivity contribution in [2.75, 3.05) is 0 Å². The Morgan fingerprint density at radius 3 is 1.59 bits per heavy atom. The SMILES string of the molecule is O=P1(c2ccccc2)c2ccccc2-c2ccc3c4ccc5ccccc5c4n(-c4cc(-c5ccc(-c6ccccc6)cc5)cc(-c5ccc(-c6ccccc6)cc5)n4)c3c21. The third kappa shape index (κ3) is 5.59. The van der Waals surface area contributed by atoms with E-state index in [0.717, 1.165) is 98.9 Å². The highest BCUT2D eigenvalue weighted by molar-refractivity contribution is 7.86. The fourth-order valence-electron chi connectivity index (χ4n) is 9.51. The number of fused-ring (bicyclic) bond motifs is 9. The standard InChI is InChI=1S/C57H37N2OP/c60-61(46-19-8-3-9-20-46)53-23-13-12-22-48(53)51-35-34-50-49-33-32-43-18-10-11-21-47(43)55(49)59(56(50)57(51)61)54-37-45(42-26-24-40(25-27-42)38-14-4-1-5-15-38)36-52(58-54)44-30-28-41(29-31-44)39-16-6-2-7-17-39/h1-37H. The Morgan fingerprint density at radius 1 is 0.377 bits per heavy atom. The van der Waals surface area contributed by atoms with Gasteiger partial charge in [-0.1, -0.05) is 212 Å². The summed E-state index contributed by atoms with van der Waals surface area (Å²) >= 11 is 0. The van der Waals surface area contributed by atoms with Gasteiger partial charge in [-0.15, -0.1) is 0 Å². The molecule has 3 heterocycles. The van der Waals surface area contributed by atoms with Gasteiger partial charge >= 0.3 is 0 Å². The van der Waals surface area contributed by atoms with Crippen LogP contribution < -0.4 is 15.9 Å². The molecule has 0 fully saturated rings. The fourth-order valence-corrected chi connectivity index (χ4v) is 12.8.